The number of carbonyl (C=O) groups excluding carboxylic acids is 1. The topological polar surface area (TPSA) is 20.3 Å². The van der Waals surface area contributed by atoms with Gasteiger partial charge in [0.15, 0.2) is 0 Å². The molecule has 0 radical (unpaired) electrons. The smallest absolute Gasteiger partial charge is 0.222 e. The molecule has 104 valence electrons. The number of hydrogen-bond donors (Lipinski definition) is 0. The van der Waals surface area contributed by atoms with Gasteiger partial charge >= 0.3 is 0 Å². The van der Waals surface area contributed by atoms with Gasteiger partial charge in [0.05, 0.1) is 0 Å². The van der Waals surface area contributed by atoms with Gasteiger partial charge in [-0.2, -0.15) is 0 Å². The van der Waals surface area contributed by atoms with Crippen molar-refractivity contribution in [2.24, 2.45) is 11.8 Å². The predicted molar refractivity (Wildman–Crippen MR) is 77.4 cm³/mol. The molecule has 2 unspecified atom stereocenters. The predicted octanol–water partition coefficient (Wildman–Crippen LogP) is 4.02. The van der Waals surface area contributed by atoms with Gasteiger partial charge in [-0.25, -0.2) is 0 Å². The normalized spacial score (nSPS) is 22.4. The average Bonchev–Trinajstić information content (AvgIpc) is 3.11. The molecule has 0 aromatic carbocycles. The zero-order valence-electron chi connectivity index (χ0n) is 12.3. The van der Waals surface area contributed by atoms with Crippen LogP contribution in [0.1, 0.15) is 59.3 Å². The SMILES string of the molecule is CC/C=C\CCC1CC1CN(CCC)C(=O)CC. The van der Waals surface area contributed by atoms with E-state index in [0.717, 1.165) is 37.8 Å². The van der Waals surface area contributed by atoms with Crippen molar-refractivity contribution in [1.82, 2.24) is 4.90 Å². The van der Waals surface area contributed by atoms with Gasteiger partial charge in [-0.3, -0.25) is 4.79 Å². The van der Waals surface area contributed by atoms with E-state index in [-0.39, 0.29) is 0 Å². The maximum absolute atomic E-state index is 11.8. The third-order valence-corrected chi connectivity index (χ3v) is 3.78. The third-order valence-electron chi connectivity index (χ3n) is 3.78. The molecule has 0 aromatic heterocycles. The van der Waals surface area contributed by atoms with E-state index in [2.05, 4.69) is 30.9 Å². The molecule has 0 aromatic rings. The molecule has 1 aliphatic carbocycles. The molecule has 2 heteroatoms. The van der Waals surface area contributed by atoms with Crippen molar-refractivity contribution in [3.05, 3.63) is 12.2 Å². The molecule has 1 saturated carbocycles. The van der Waals surface area contributed by atoms with Crippen molar-refractivity contribution in [3.8, 4) is 0 Å². The largest absolute Gasteiger partial charge is 0.342 e. The molecule has 18 heavy (non-hydrogen) atoms. The number of rotatable bonds is 9. The Morgan fingerprint density at radius 2 is 2.00 bits per heavy atom. The second-order valence-electron chi connectivity index (χ2n) is 5.41. The highest BCUT2D eigenvalue weighted by Gasteiger charge is 2.37. The first-order valence-corrected chi connectivity index (χ1v) is 7.65. The zero-order valence-corrected chi connectivity index (χ0v) is 12.3. The summed E-state index contributed by atoms with van der Waals surface area (Å²) in [5.41, 5.74) is 0. The van der Waals surface area contributed by atoms with Gasteiger partial charge in [0, 0.05) is 19.5 Å². The summed E-state index contributed by atoms with van der Waals surface area (Å²) >= 11 is 0. The summed E-state index contributed by atoms with van der Waals surface area (Å²) in [5, 5.41) is 0. The lowest BCUT2D eigenvalue weighted by Crippen LogP contribution is -2.33. The van der Waals surface area contributed by atoms with Crippen LogP contribution >= 0.6 is 0 Å². The van der Waals surface area contributed by atoms with Gasteiger partial charge in [0.2, 0.25) is 5.91 Å². The first-order valence-electron chi connectivity index (χ1n) is 7.65. The van der Waals surface area contributed by atoms with Crippen molar-refractivity contribution in [2.45, 2.75) is 59.3 Å². The first-order chi connectivity index (χ1) is 8.72. The lowest BCUT2D eigenvalue weighted by Gasteiger charge is -2.21. The summed E-state index contributed by atoms with van der Waals surface area (Å²) in [5.74, 6) is 1.98. The second kappa shape index (κ2) is 8.34. The van der Waals surface area contributed by atoms with Crippen LogP contribution in [0.2, 0.25) is 0 Å². The van der Waals surface area contributed by atoms with E-state index >= 15 is 0 Å². The van der Waals surface area contributed by atoms with Crippen LogP contribution in [0.25, 0.3) is 0 Å². The number of nitrogens with zero attached hydrogens (tertiary/aromatic N) is 1. The van der Waals surface area contributed by atoms with Crippen LogP contribution in [0.5, 0.6) is 0 Å². The Labute approximate surface area is 112 Å². The van der Waals surface area contributed by atoms with E-state index in [1.165, 1.54) is 19.3 Å². The molecule has 1 rings (SSSR count). The molecule has 1 amide bonds. The third kappa shape index (κ3) is 5.24. The fourth-order valence-corrected chi connectivity index (χ4v) is 2.58. The Balaban J connectivity index is 2.22. The molecule has 0 heterocycles. The summed E-state index contributed by atoms with van der Waals surface area (Å²) < 4.78 is 0. The van der Waals surface area contributed by atoms with E-state index in [1.807, 2.05) is 6.92 Å². The maximum Gasteiger partial charge on any atom is 0.222 e. The van der Waals surface area contributed by atoms with Crippen molar-refractivity contribution in [1.29, 1.82) is 0 Å². The Bertz CT molecular complexity index is 272. The molecule has 1 fully saturated rings. The molecular weight excluding hydrogens is 222 g/mol. The molecule has 0 aliphatic heterocycles. The highest BCUT2D eigenvalue weighted by molar-refractivity contribution is 5.75. The summed E-state index contributed by atoms with van der Waals surface area (Å²) in [6.07, 6.45) is 11.3. The highest BCUT2D eigenvalue weighted by Crippen LogP contribution is 2.42. The molecule has 0 saturated heterocycles. The summed E-state index contributed by atoms with van der Waals surface area (Å²) in [4.78, 5) is 13.9. The highest BCUT2D eigenvalue weighted by atomic mass is 16.2. The van der Waals surface area contributed by atoms with Crippen molar-refractivity contribution in [3.63, 3.8) is 0 Å². The molecule has 0 N–H and O–H groups in total. The van der Waals surface area contributed by atoms with E-state index < -0.39 is 0 Å². The minimum absolute atomic E-state index is 0.327. The van der Waals surface area contributed by atoms with Crippen LogP contribution in [0.4, 0.5) is 0 Å². The van der Waals surface area contributed by atoms with E-state index in [9.17, 15) is 4.79 Å². The summed E-state index contributed by atoms with van der Waals surface area (Å²) in [6.45, 7) is 8.23. The molecule has 0 spiro atoms. The minimum atomic E-state index is 0.327. The fourth-order valence-electron chi connectivity index (χ4n) is 2.58. The Kier molecular flexibility index (Phi) is 7.07. The monoisotopic (exact) mass is 251 g/mol. The number of amides is 1. The Morgan fingerprint density at radius 3 is 2.61 bits per heavy atom. The van der Waals surface area contributed by atoms with Crippen molar-refractivity contribution in [2.75, 3.05) is 13.1 Å². The molecule has 2 atom stereocenters. The van der Waals surface area contributed by atoms with Gasteiger partial charge in [0.25, 0.3) is 0 Å². The summed E-state index contributed by atoms with van der Waals surface area (Å²) in [6, 6.07) is 0. The van der Waals surface area contributed by atoms with Gasteiger partial charge < -0.3 is 4.90 Å². The van der Waals surface area contributed by atoms with Gasteiger partial charge in [-0.15, -0.1) is 0 Å². The van der Waals surface area contributed by atoms with Crippen LogP contribution in [-0.4, -0.2) is 23.9 Å². The first kappa shape index (κ1) is 15.3. The van der Waals surface area contributed by atoms with Gasteiger partial charge in [0.1, 0.15) is 0 Å². The summed E-state index contributed by atoms with van der Waals surface area (Å²) in [7, 11) is 0. The van der Waals surface area contributed by atoms with E-state index in [4.69, 9.17) is 0 Å². The Morgan fingerprint density at radius 1 is 1.22 bits per heavy atom. The second-order valence-corrected chi connectivity index (χ2v) is 5.41. The molecule has 2 nitrogen and oxygen atoms in total. The van der Waals surface area contributed by atoms with Gasteiger partial charge in [-0.1, -0.05) is 32.9 Å². The van der Waals surface area contributed by atoms with Crippen LogP contribution in [0.3, 0.4) is 0 Å². The van der Waals surface area contributed by atoms with Crippen LogP contribution in [0.15, 0.2) is 12.2 Å². The Hall–Kier alpha value is -0.790. The maximum atomic E-state index is 11.8. The zero-order chi connectivity index (χ0) is 13.4. The van der Waals surface area contributed by atoms with Gasteiger partial charge in [-0.05, 0) is 43.9 Å². The number of carbonyl (C=O) groups is 1. The lowest BCUT2D eigenvalue weighted by molar-refractivity contribution is -0.131. The van der Waals surface area contributed by atoms with E-state index in [1.54, 1.807) is 0 Å². The molecule has 0 bridgehead atoms. The van der Waals surface area contributed by atoms with Crippen LogP contribution < -0.4 is 0 Å². The van der Waals surface area contributed by atoms with Crippen molar-refractivity contribution < 1.29 is 4.79 Å². The van der Waals surface area contributed by atoms with E-state index in [0.29, 0.717) is 12.3 Å². The fraction of sp³-hybridized carbons (Fsp3) is 0.812. The minimum Gasteiger partial charge on any atom is -0.342 e. The van der Waals surface area contributed by atoms with Crippen LogP contribution in [0, 0.1) is 11.8 Å². The lowest BCUT2D eigenvalue weighted by atomic mass is 10.1. The average molecular weight is 251 g/mol. The number of hydrogen-bond acceptors (Lipinski definition) is 1. The molecular formula is C16H29NO. The molecule has 1 aliphatic rings. The van der Waals surface area contributed by atoms with Crippen molar-refractivity contribution >= 4 is 5.91 Å². The van der Waals surface area contributed by atoms with Crippen LogP contribution in [-0.2, 0) is 4.79 Å². The quantitative estimate of drug-likeness (QED) is 0.567. The number of allylic oxidation sites excluding steroid dienone is 2. The standard InChI is InChI=1S/C16H29NO/c1-4-7-8-9-10-14-12-15(14)13-17(11-5-2)16(18)6-3/h7-8,14-15H,4-6,9-13H2,1-3H3/b8-7-.